The van der Waals surface area contributed by atoms with E-state index in [1.807, 2.05) is 6.07 Å². The second kappa shape index (κ2) is 9.48. The molecule has 2 rings (SSSR count). The number of anilines is 1. The summed E-state index contributed by atoms with van der Waals surface area (Å²) in [5.41, 5.74) is 1.68. The maximum atomic E-state index is 12.4. The monoisotopic (exact) mass is 382 g/mol. The van der Waals surface area contributed by atoms with E-state index in [0.717, 1.165) is 0 Å². The largest absolute Gasteiger partial charge is 0.383 e. The summed E-state index contributed by atoms with van der Waals surface area (Å²) in [6.07, 6.45) is 0. The van der Waals surface area contributed by atoms with Crippen LogP contribution < -0.4 is 16.2 Å². The molecule has 0 aliphatic heterocycles. The standard InChI is InChI=1S/C20H22N4O4/c1-13-10-14(2)24(20(27)17(13)11-21)12-18(25)23-16-6-4-15(5-7-16)19(26)22-8-9-28-3/h4-7,10H,8-9,12H2,1-3H3,(H,22,26)(H,23,25). The van der Waals surface area contributed by atoms with Gasteiger partial charge in [-0.15, -0.1) is 0 Å². The molecule has 0 saturated carbocycles. The maximum absolute atomic E-state index is 12.4. The van der Waals surface area contributed by atoms with Crippen molar-refractivity contribution >= 4 is 17.5 Å². The highest BCUT2D eigenvalue weighted by molar-refractivity contribution is 5.95. The molecule has 0 saturated heterocycles. The molecule has 0 radical (unpaired) electrons. The molecule has 0 atom stereocenters. The van der Waals surface area contributed by atoms with Gasteiger partial charge in [0.1, 0.15) is 18.2 Å². The van der Waals surface area contributed by atoms with E-state index in [9.17, 15) is 14.4 Å². The zero-order valence-electron chi connectivity index (χ0n) is 16.0. The lowest BCUT2D eigenvalue weighted by atomic mass is 10.1. The molecular formula is C20H22N4O4. The van der Waals surface area contributed by atoms with Crippen LogP contribution in [0.4, 0.5) is 5.69 Å². The molecule has 2 amide bonds. The first-order valence-corrected chi connectivity index (χ1v) is 8.65. The summed E-state index contributed by atoms with van der Waals surface area (Å²) in [7, 11) is 1.55. The average Bonchev–Trinajstić information content (AvgIpc) is 2.66. The van der Waals surface area contributed by atoms with Gasteiger partial charge in [0, 0.05) is 30.6 Å². The van der Waals surface area contributed by atoms with Gasteiger partial charge in [-0.2, -0.15) is 5.26 Å². The minimum absolute atomic E-state index is 0.0299. The van der Waals surface area contributed by atoms with Gasteiger partial charge in [0.2, 0.25) is 5.91 Å². The summed E-state index contributed by atoms with van der Waals surface area (Å²) >= 11 is 0. The van der Waals surface area contributed by atoms with Gasteiger partial charge in [0.05, 0.1) is 6.61 Å². The fraction of sp³-hybridized carbons (Fsp3) is 0.300. The average molecular weight is 382 g/mol. The van der Waals surface area contributed by atoms with Crippen molar-refractivity contribution in [1.82, 2.24) is 9.88 Å². The van der Waals surface area contributed by atoms with Gasteiger partial charge in [-0.25, -0.2) is 0 Å². The van der Waals surface area contributed by atoms with Crippen molar-refractivity contribution in [3.8, 4) is 6.07 Å². The van der Waals surface area contributed by atoms with Gasteiger partial charge in [0.25, 0.3) is 11.5 Å². The second-order valence-electron chi connectivity index (χ2n) is 6.22. The summed E-state index contributed by atoms with van der Waals surface area (Å²) in [5, 5.41) is 14.5. The fourth-order valence-corrected chi connectivity index (χ4v) is 2.68. The molecule has 146 valence electrons. The Morgan fingerprint density at radius 3 is 2.50 bits per heavy atom. The highest BCUT2D eigenvalue weighted by Crippen LogP contribution is 2.10. The van der Waals surface area contributed by atoms with Crippen molar-refractivity contribution in [1.29, 1.82) is 5.26 Å². The number of nitrogens with zero attached hydrogens (tertiary/aromatic N) is 2. The Labute approximate surface area is 162 Å². The lowest BCUT2D eigenvalue weighted by Gasteiger charge is -2.12. The van der Waals surface area contributed by atoms with Crippen molar-refractivity contribution in [2.24, 2.45) is 0 Å². The van der Waals surface area contributed by atoms with Crippen LogP contribution in [-0.4, -0.2) is 36.6 Å². The third kappa shape index (κ3) is 5.05. The van der Waals surface area contributed by atoms with E-state index < -0.39 is 11.5 Å². The maximum Gasteiger partial charge on any atom is 0.269 e. The number of benzene rings is 1. The number of nitrogens with one attached hydrogen (secondary N) is 2. The lowest BCUT2D eigenvalue weighted by Crippen LogP contribution is -2.31. The molecule has 0 aliphatic carbocycles. The number of pyridine rings is 1. The molecule has 0 fully saturated rings. The van der Waals surface area contributed by atoms with Gasteiger partial charge in [-0.05, 0) is 49.7 Å². The fourth-order valence-electron chi connectivity index (χ4n) is 2.68. The lowest BCUT2D eigenvalue weighted by molar-refractivity contribution is -0.116. The Balaban J connectivity index is 2.05. The van der Waals surface area contributed by atoms with Crippen LogP contribution >= 0.6 is 0 Å². The van der Waals surface area contributed by atoms with Gasteiger partial charge in [0.15, 0.2) is 0 Å². The third-order valence-corrected chi connectivity index (χ3v) is 4.14. The first-order valence-electron chi connectivity index (χ1n) is 8.65. The van der Waals surface area contributed by atoms with Gasteiger partial charge in [-0.1, -0.05) is 0 Å². The Morgan fingerprint density at radius 2 is 1.89 bits per heavy atom. The number of hydrogen-bond acceptors (Lipinski definition) is 5. The molecule has 0 unspecified atom stereocenters. The molecule has 0 spiro atoms. The summed E-state index contributed by atoms with van der Waals surface area (Å²) < 4.78 is 6.14. The van der Waals surface area contributed by atoms with Crippen molar-refractivity contribution in [2.75, 3.05) is 25.6 Å². The Bertz CT molecular complexity index is 971. The van der Waals surface area contributed by atoms with E-state index in [2.05, 4.69) is 10.6 Å². The molecular weight excluding hydrogens is 360 g/mol. The highest BCUT2D eigenvalue weighted by Gasteiger charge is 2.13. The third-order valence-electron chi connectivity index (χ3n) is 4.14. The highest BCUT2D eigenvalue weighted by atomic mass is 16.5. The van der Waals surface area contributed by atoms with E-state index in [4.69, 9.17) is 10.00 Å². The molecule has 0 aliphatic rings. The number of amides is 2. The zero-order valence-corrected chi connectivity index (χ0v) is 16.0. The van der Waals surface area contributed by atoms with Crippen LogP contribution in [0.25, 0.3) is 0 Å². The van der Waals surface area contributed by atoms with E-state index >= 15 is 0 Å². The minimum atomic E-state index is -0.488. The molecule has 1 aromatic heterocycles. The zero-order chi connectivity index (χ0) is 20.7. The van der Waals surface area contributed by atoms with E-state index in [0.29, 0.717) is 35.7 Å². The topological polar surface area (TPSA) is 113 Å². The molecule has 28 heavy (non-hydrogen) atoms. The van der Waals surface area contributed by atoms with Crippen molar-refractivity contribution in [3.63, 3.8) is 0 Å². The van der Waals surface area contributed by atoms with Crippen LogP contribution in [0.1, 0.15) is 27.2 Å². The van der Waals surface area contributed by atoms with Crippen molar-refractivity contribution in [3.05, 3.63) is 63.1 Å². The SMILES string of the molecule is COCCNC(=O)c1ccc(NC(=O)Cn2c(C)cc(C)c(C#N)c2=O)cc1. The number of carbonyl (C=O) groups excluding carboxylic acids is 2. The number of methoxy groups -OCH3 is 1. The Kier molecular flexibility index (Phi) is 7.07. The van der Waals surface area contributed by atoms with Crippen LogP contribution in [0, 0.1) is 25.2 Å². The molecule has 0 bridgehead atoms. The first-order chi connectivity index (χ1) is 13.4. The number of aryl methyl sites for hydroxylation is 2. The minimum Gasteiger partial charge on any atom is -0.383 e. The number of rotatable bonds is 7. The van der Waals surface area contributed by atoms with E-state index in [1.54, 1.807) is 51.3 Å². The number of aromatic nitrogens is 1. The molecule has 2 N–H and O–H groups in total. The molecule has 8 nitrogen and oxygen atoms in total. The predicted octanol–water partition coefficient (Wildman–Crippen LogP) is 1.35. The summed E-state index contributed by atoms with van der Waals surface area (Å²) in [6, 6.07) is 9.97. The molecule has 8 heteroatoms. The van der Waals surface area contributed by atoms with E-state index in [-0.39, 0.29) is 18.0 Å². The predicted molar refractivity (Wildman–Crippen MR) is 104 cm³/mol. The van der Waals surface area contributed by atoms with Crippen molar-refractivity contribution in [2.45, 2.75) is 20.4 Å². The molecule has 1 aromatic carbocycles. The van der Waals surface area contributed by atoms with Gasteiger partial charge < -0.3 is 19.9 Å². The molecule has 2 aromatic rings. The first kappa shape index (κ1) is 20.9. The van der Waals surface area contributed by atoms with Crippen molar-refractivity contribution < 1.29 is 14.3 Å². The van der Waals surface area contributed by atoms with Crippen LogP contribution in [0.3, 0.4) is 0 Å². The second-order valence-corrected chi connectivity index (χ2v) is 6.22. The normalized spacial score (nSPS) is 10.2. The Hall–Kier alpha value is -3.44. The molecule has 1 heterocycles. The smallest absolute Gasteiger partial charge is 0.269 e. The number of ether oxygens (including phenoxy) is 1. The van der Waals surface area contributed by atoms with Gasteiger partial charge >= 0.3 is 0 Å². The van der Waals surface area contributed by atoms with E-state index in [1.165, 1.54) is 4.57 Å². The number of nitriles is 1. The Morgan fingerprint density at radius 1 is 1.21 bits per heavy atom. The summed E-state index contributed by atoms with van der Waals surface area (Å²) in [6.45, 7) is 4.01. The quantitative estimate of drug-likeness (QED) is 0.702. The van der Waals surface area contributed by atoms with Gasteiger partial charge in [-0.3, -0.25) is 14.4 Å². The summed E-state index contributed by atoms with van der Waals surface area (Å²) in [4.78, 5) is 36.6. The number of carbonyl (C=O) groups is 2. The van der Waals surface area contributed by atoms with Crippen LogP contribution in [0.15, 0.2) is 35.1 Å². The number of hydrogen-bond donors (Lipinski definition) is 2. The van der Waals surface area contributed by atoms with Crippen LogP contribution in [0.5, 0.6) is 0 Å². The van der Waals surface area contributed by atoms with Crippen LogP contribution in [-0.2, 0) is 16.1 Å². The van der Waals surface area contributed by atoms with Crippen LogP contribution in [0.2, 0.25) is 0 Å². The summed E-state index contributed by atoms with van der Waals surface area (Å²) in [5.74, 6) is -0.643.